The van der Waals surface area contributed by atoms with E-state index in [0.29, 0.717) is 19.3 Å². The van der Waals surface area contributed by atoms with E-state index in [0.717, 1.165) is 19.3 Å². The highest BCUT2D eigenvalue weighted by atomic mass is 16.8. The van der Waals surface area contributed by atoms with Crippen LogP contribution in [0.3, 0.4) is 0 Å². The van der Waals surface area contributed by atoms with Crippen molar-refractivity contribution in [2.75, 3.05) is 27.4 Å². The maximum absolute atomic E-state index is 12.1. The van der Waals surface area contributed by atoms with Crippen LogP contribution in [0.4, 0.5) is 0 Å². The van der Waals surface area contributed by atoms with E-state index in [2.05, 4.69) is 33.8 Å². The van der Waals surface area contributed by atoms with E-state index in [1.165, 1.54) is 14.2 Å². The molecular formula is C41H70O13. The molecule has 0 amide bonds. The molecule has 6 fully saturated rings. The van der Waals surface area contributed by atoms with Crippen molar-refractivity contribution in [3.05, 3.63) is 12.2 Å². The average Bonchev–Trinajstić information content (AvgIpc) is 3.55. The molecule has 0 radical (unpaired) electrons. The summed E-state index contributed by atoms with van der Waals surface area (Å²) < 4.78 is 35.4. The molecule has 21 atom stereocenters. The quantitative estimate of drug-likeness (QED) is 0.151. The van der Waals surface area contributed by atoms with Crippen LogP contribution in [0, 0.1) is 51.2 Å². The minimum absolute atomic E-state index is 0.00133. The second-order valence-corrected chi connectivity index (χ2v) is 18.9. The number of hydrogen-bond acceptors (Lipinski definition) is 13. The van der Waals surface area contributed by atoms with Crippen LogP contribution < -0.4 is 0 Å². The smallest absolute Gasteiger partial charge is 0.187 e. The lowest BCUT2D eigenvalue weighted by molar-refractivity contribution is -0.311. The lowest BCUT2D eigenvalue weighted by Gasteiger charge is -2.70. The van der Waals surface area contributed by atoms with Crippen molar-refractivity contribution in [3.8, 4) is 0 Å². The second-order valence-electron chi connectivity index (χ2n) is 18.9. The predicted molar refractivity (Wildman–Crippen MR) is 197 cm³/mol. The number of methoxy groups -OCH3 is 2. The van der Waals surface area contributed by atoms with Gasteiger partial charge in [0.2, 0.25) is 0 Å². The number of aliphatic hydroxyl groups is 7. The highest BCUT2D eigenvalue weighted by molar-refractivity contribution is 5.22. The minimum Gasteiger partial charge on any atom is -0.394 e. The van der Waals surface area contributed by atoms with Gasteiger partial charge in [-0.05, 0) is 78.9 Å². The van der Waals surface area contributed by atoms with Crippen LogP contribution in [0.15, 0.2) is 12.2 Å². The highest BCUT2D eigenvalue weighted by Crippen LogP contribution is 2.75. The van der Waals surface area contributed by atoms with E-state index in [-0.39, 0.29) is 47.0 Å². The molecule has 4 saturated carbocycles. The minimum atomic E-state index is -1.23. The van der Waals surface area contributed by atoms with Crippen molar-refractivity contribution in [2.24, 2.45) is 51.2 Å². The first-order valence-electron chi connectivity index (χ1n) is 20.4. The number of allylic oxidation sites excluding steroid dienone is 1. The first kappa shape index (κ1) is 42.8. The summed E-state index contributed by atoms with van der Waals surface area (Å²) in [6.45, 7) is 14.6. The summed E-state index contributed by atoms with van der Waals surface area (Å²) >= 11 is 0. The Kier molecular flexibility index (Phi) is 12.5. The van der Waals surface area contributed by atoms with Crippen molar-refractivity contribution in [1.29, 1.82) is 0 Å². The van der Waals surface area contributed by atoms with Gasteiger partial charge >= 0.3 is 0 Å². The Bertz CT molecular complexity index is 1320. The van der Waals surface area contributed by atoms with E-state index < -0.39 is 97.2 Å². The van der Waals surface area contributed by atoms with Crippen molar-refractivity contribution < 1.29 is 64.2 Å². The molecule has 4 aliphatic carbocycles. The number of fused-ring (bicyclic) bond motifs is 5. The molecule has 21 unspecified atom stereocenters. The van der Waals surface area contributed by atoms with Gasteiger partial charge in [-0.3, -0.25) is 0 Å². The fourth-order valence-electron chi connectivity index (χ4n) is 12.5. The van der Waals surface area contributed by atoms with Crippen molar-refractivity contribution in [2.45, 2.75) is 167 Å². The first-order valence-corrected chi connectivity index (χ1v) is 20.4. The van der Waals surface area contributed by atoms with Gasteiger partial charge in [0.05, 0.1) is 43.7 Å². The maximum atomic E-state index is 12.1. The topological polar surface area (TPSA) is 197 Å². The molecule has 13 heteroatoms. The van der Waals surface area contributed by atoms with Gasteiger partial charge in [0, 0.05) is 25.0 Å². The summed E-state index contributed by atoms with van der Waals surface area (Å²) in [4.78, 5) is 0. The van der Waals surface area contributed by atoms with E-state index in [4.69, 9.17) is 28.4 Å². The zero-order chi connectivity index (χ0) is 39.7. The summed E-state index contributed by atoms with van der Waals surface area (Å²) in [7, 11) is 2.90. The van der Waals surface area contributed by atoms with Crippen LogP contribution in [-0.4, -0.2) is 143 Å². The Hall–Kier alpha value is -0.780. The molecule has 312 valence electrons. The van der Waals surface area contributed by atoms with Crippen LogP contribution in [0.25, 0.3) is 0 Å². The Balaban J connectivity index is 1.19. The molecule has 0 aromatic carbocycles. The van der Waals surface area contributed by atoms with Crippen LogP contribution in [0.2, 0.25) is 0 Å². The van der Waals surface area contributed by atoms with E-state index in [1.807, 2.05) is 26.8 Å². The molecule has 0 spiro atoms. The van der Waals surface area contributed by atoms with Crippen molar-refractivity contribution >= 4 is 0 Å². The van der Waals surface area contributed by atoms with Crippen LogP contribution >= 0.6 is 0 Å². The van der Waals surface area contributed by atoms with Gasteiger partial charge in [-0.25, -0.2) is 0 Å². The molecule has 2 aliphatic heterocycles. The first-order chi connectivity index (χ1) is 25.3. The van der Waals surface area contributed by atoms with Crippen LogP contribution in [0.5, 0.6) is 0 Å². The molecule has 2 heterocycles. The highest BCUT2D eigenvalue weighted by Gasteiger charge is 2.73. The molecular weight excluding hydrogens is 700 g/mol. The largest absolute Gasteiger partial charge is 0.394 e. The summed E-state index contributed by atoms with van der Waals surface area (Å²) in [5.41, 5.74) is -1.89. The number of hydrogen-bond donors (Lipinski definition) is 7. The Morgan fingerprint density at radius 3 is 2.06 bits per heavy atom. The fourth-order valence-corrected chi connectivity index (χ4v) is 12.5. The standard InChI is InChI=1S/C41H70O13/c1-20(2)26(52-37-34(31(46)27(18-42)53-37)54-36-33(50-9)32(47)28(49-8)19-51-36)11-10-21(3)23-16-29(44)40(6)24-17-30(45)41(7)35(48)25(43)13-15-38(41,4)22(24)12-14-39(23,40)5/h10-11,20-37,42-48H,12-19H2,1-9H3. The van der Waals surface area contributed by atoms with Gasteiger partial charge in [0.15, 0.2) is 12.6 Å². The summed E-state index contributed by atoms with van der Waals surface area (Å²) in [5.74, 6) is 0.472. The summed E-state index contributed by atoms with van der Waals surface area (Å²) in [6, 6.07) is 0. The molecule has 7 N–H and O–H groups in total. The molecule has 6 aliphatic rings. The van der Waals surface area contributed by atoms with Gasteiger partial charge < -0.3 is 64.2 Å². The Morgan fingerprint density at radius 2 is 1.43 bits per heavy atom. The molecule has 13 nitrogen and oxygen atoms in total. The molecule has 0 aromatic rings. The zero-order valence-electron chi connectivity index (χ0n) is 33.8. The van der Waals surface area contributed by atoms with Crippen molar-refractivity contribution in [1.82, 2.24) is 0 Å². The van der Waals surface area contributed by atoms with Gasteiger partial charge in [-0.1, -0.05) is 60.6 Å². The molecule has 54 heavy (non-hydrogen) atoms. The second kappa shape index (κ2) is 15.8. The Morgan fingerprint density at radius 1 is 0.759 bits per heavy atom. The lowest BCUT2D eigenvalue weighted by atomic mass is 9.36. The molecule has 2 saturated heterocycles. The molecule has 0 aromatic heterocycles. The van der Waals surface area contributed by atoms with Crippen LogP contribution in [-0.2, 0) is 28.4 Å². The number of aliphatic hydroxyl groups excluding tert-OH is 7. The van der Waals surface area contributed by atoms with Gasteiger partial charge in [0.1, 0.15) is 36.6 Å². The normalized spacial score (nSPS) is 53.3. The van der Waals surface area contributed by atoms with Gasteiger partial charge in [-0.15, -0.1) is 0 Å². The number of ether oxygens (including phenoxy) is 6. The third kappa shape index (κ3) is 6.48. The van der Waals surface area contributed by atoms with E-state index >= 15 is 0 Å². The van der Waals surface area contributed by atoms with Gasteiger partial charge in [-0.2, -0.15) is 0 Å². The Labute approximate surface area is 321 Å². The van der Waals surface area contributed by atoms with Crippen LogP contribution in [0.1, 0.15) is 87.0 Å². The van der Waals surface area contributed by atoms with E-state index in [9.17, 15) is 35.7 Å². The lowest BCUT2D eigenvalue weighted by Crippen LogP contribution is -2.70. The zero-order valence-corrected chi connectivity index (χ0v) is 33.8. The third-order valence-electron chi connectivity index (χ3n) is 16.5. The molecule has 0 bridgehead atoms. The monoisotopic (exact) mass is 770 g/mol. The maximum Gasteiger partial charge on any atom is 0.187 e. The number of rotatable bonds is 11. The molecule has 6 rings (SSSR count). The summed E-state index contributed by atoms with van der Waals surface area (Å²) in [5, 5.41) is 77.8. The third-order valence-corrected chi connectivity index (χ3v) is 16.5. The SMILES string of the molecule is COC1COC(OC2C(OC(C=CC(C)C3CC(O)C4(C)C5CC(O)C6(C)C(O)C(O)CCC6(C)C5CCC34C)C(C)C)OC(CO)C2O)C(OC)C1O. The fraction of sp³-hybridized carbons (Fsp3) is 0.951. The van der Waals surface area contributed by atoms with E-state index in [1.54, 1.807) is 0 Å². The van der Waals surface area contributed by atoms with Gasteiger partial charge in [0.25, 0.3) is 0 Å². The average molecular weight is 771 g/mol. The predicted octanol–water partition coefficient (Wildman–Crippen LogP) is 2.14. The van der Waals surface area contributed by atoms with Crippen molar-refractivity contribution in [3.63, 3.8) is 0 Å². The summed E-state index contributed by atoms with van der Waals surface area (Å²) in [6.07, 6.45) is -3.18.